The van der Waals surface area contributed by atoms with E-state index in [-0.39, 0.29) is 28.6 Å². The second kappa shape index (κ2) is 12.6. The van der Waals surface area contributed by atoms with Gasteiger partial charge < -0.3 is 18.9 Å². The summed E-state index contributed by atoms with van der Waals surface area (Å²) >= 11 is 0. The number of aryl methyl sites for hydroxylation is 2. The third kappa shape index (κ3) is 5.54. The fraction of sp³-hybridized carbons (Fsp3) is 0.605. The number of hydrogen-bond acceptors (Lipinski definition) is 7. The predicted octanol–water partition coefficient (Wildman–Crippen LogP) is 7.05. The zero-order valence-corrected chi connectivity index (χ0v) is 27.4. The van der Waals surface area contributed by atoms with Gasteiger partial charge in [-0.2, -0.15) is 0 Å². The van der Waals surface area contributed by atoms with Gasteiger partial charge in [-0.05, 0) is 121 Å². The molecule has 7 heteroatoms. The summed E-state index contributed by atoms with van der Waals surface area (Å²) in [5, 5.41) is 0. The SMILES string of the molecule is CC[C@@]12CCC(=O)C[C@@H]1CCc1cc(C(=O)OC)ccc12.CC[C@@]12CCC3(C[C@@H]1CCc1cc(C(=O)OC)ccc12)OCCO3. The molecule has 1 saturated heterocycles. The fourth-order valence-electron chi connectivity index (χ4n) is 9.69. The number of rotatable bonds is 4. The molecule has 1 spiro atoms. The van der Waals surface area contributed by atoms with E-state index in [1.807, 2.05) is 24.3 Å². The largest absolute Gasteiger partial charge is 0.465 e. The Bertz CT molecular complexity index is 1460. The molecule has 45 heavy (non-hydrogen) atoms. The lowest BCUT2D eigenvalue weighted by Gasteiger charge is -2.52. The fourth-order valence-corrected chi connectivity index (χ4v) is 9.69. The number of esters is 2. The number of carbonyl (C=O) groups excluding carboxylic acids is 3. The molecule has 4 atom stereocenters. The Kier molecular flexibility index (Phi) is 8.97. The van der Waals surface area contributed by atoms with E-state index in [9.17, 15) is 14.4 Å². The van der Waals surface area contributed by atoms with Gasteiger partial charge in [-0.25, -0.2) is 9.59 Å². The van der Waals surface area contributed by atoms with E-state index >= 15 is 0 Å². The number of ketones is 1. The van der Waals surface area contributed by atoms with Crippen molar-refractivity contribution in [3.63, 3.8) is 0 Å². The molecule has 5 aliphatic rings. The monoisotopic (exact) mass is 616 g/mol. The summed E-state index contributed by atoms with van der Waals surface area (Å²) in [7, 11) is 2.85. The molecule has 242 valence electrons. The molecule has 0 amide bonds. The summed E-state index contributed by atoms with van der Waals surface area (Å²) in [6.07, 6.45) is 11.8. The summed E-state index contributed by atoms with van der Waals surface area (Å²) in [6, 6.07) is 12.1. The minimum absolute atomic E-state index is 0.135. The molecular weight excluding hydrogens is 568 g/mol. The van der Waals surface area contributed by atoms with Crippen LogP contribution in [0, 0.1) is 11.8 Å². The Morgan fingerprint density at radius 3 is 1.82 bits per heavy atom. The van der Waals surface area contributed by atoms with E-state index in [4.69, 9.17) is 18.9 Å². The van der Waals surface area contributed by atoms with E-state index in [0.717, 1.165) is 83.8 Å². The lowest BCUT2D eigenvalue weighted by atomic mass is 9.55. The maximum absolute atomic E-state index is 11.8. The number of Topliss-reactive ketones (excluding diaryl/α,β-unsaturated/α-hetero) is 1. The van der Waals surface area contributed by atoms with Crippen molar-refractivity contribution in [2.24, 2.45) is 11.8 Å². The zero-order valence-electron chi connectivity index (χ0n) is 27.4. The molecule has 1 aliphatic heterocycles. The first-order chi connectivity index (χ1) is 21.7. The van der Waals surface area contributed by atoms with Crippen molar-refractivity contribution in [2.75, 3.05) is 27.4 Å². The van der Waals surface area contributed by atoms with Crippen molar-refractivity contribution in [1.29, 1.82) is 0 Å². The molecule has 0 N–H and O–H groups in total. The number of methoxy groups -OCH3 is 2. The first-order valence-electron chi connectivity index (χ1n) is 17.0. The molecule has 7 nitrogen and oxygen atoms in total. The smallest absolute Gasteiger partial charge is 0.337 e. The van der Waals surface area contributed by atoms with Crippen molar-refractivity contribution in [2.45, 2.75) is 108 Å². The Hall–Kier alpha value is -3.03. The molecular formula is C38H48O7. The van der Waals surface area contributed by atoms with Crippen LogP contribution in [0.4, 0.5) is 0 Å². The molecule has 1 heterocycles. The molecule has 4 aliphatic carbocycles. The van der Waals surface area contributed by atoms with Crippen molar-refractivity contribution < 1.29 is 33.3 Å². The van der Waals surface area contributed by atoms with Crippen LogP contribution in [-0.2, 0) is 47.4 Å². The highest BCUT2D eigenvalue weighted by molar-refractivity contribution is 5.90. The van der Waals surface area contributed by atoms with Crippen LogP contribution in [0.5, 0.6) is 0 Å². The summed E-state index contributed by atoms with van der Waals surface area (Å²) < 4.78 is 21.7. The molecule has 2 aromatic rings. The zero-order chi connectivity index (χ0) is 31.8. The molecule has 2 aromatic carbocycles. The van der Waals surface area contributed by atoms with Crippen molar-refractivity contribution in [1.82, 2.24) is 0 Å². The predicted molar refractivity (Wildman–Crippen MR) is 170 cm³/mol. The van der Waals surface area contributed by atoms with Gasteiger partial charge in [0.25, 0.3) is 0 Å². The molecule has 0 radical (unpaired) electrons. The number of carbonyl (C=O) groups is 3. The normalized spacial score (nSPS) is 29.3. The van der Waals surface area contributed by atoms with Crippen LogP contribution in [0.25, 0.3) is 0 Å². The van der Waals surface area contributed by atoms with Gasteiger partial charge in [0.05, 0.1) is 38.6 Å². The molecule has 0 aromatic heterocycles. The van der Waals surface area contributed by atoms with Crippen LogP contribution in [0.3, 0.4) is 0 Å². The first-order valence-corrected chi connectivity index (χ1v) is 17.0. The third-order valence-electron chi connectivity index (χ3n) is 12.1. The quantitative estimate of drug-likeness (QED) is 0.340. The van der Waals surface area contributed by atoms with Gasteiger partial charge in [0, 0.05) is 25.7 Å². The maximum atomic E-state index is 11.8. The summed E-state index contributed by atoms with van der Waals surface area (Å²) in [5.74, 6) is 0.627. The molecule has 3 fully saturated rings. The van der Waals surface area contributed by atoms with Gasteiger partial charge in [-0.15, -0.1) is 0 Å². The average molecular weight is 617 g/mol. The van der Waals surface area contributed by atoms with Gasteiger partial charge in [-0.1, -0.05) is 26.0 Å². The van der Waals surface area contributed by atoms with Crippen molar-refractivity contribution in [3.8, 4) is 0 Å². The van der Waals surface area contributed by atoms with E-state index in [0.29, 0.717) is 35.2 Å². The van der Waals surface area contributed by atoms with Crippen molar-refractivity contribution >= 4 is 17.7 Å². The van der Waals surface area contributed by atoms with Gasteiger partial charge in [0.2, 0.25) is 0 Å². The number of fused-ring (bicyclic) bond motifs is 6. The number of hydrogen-bond donors (Lipinski definition) is 0. The number of ether oxygens (including phenoxy) is 4. The van der Waals surface area contributed by atoms with Crippen LogP contribution >= 0.6 is 0 Å². The minimum Gasteiger partial charge on any atom is -0.465 e. The van der Waals surface area contributed by atoms with Gasteiger partial charge >= 0.3 is 11.9 Å². The summed E-state index contributed by atoms with van der Waals surface area (Å²) in [4.78, 5) is 35.4. The van der Waals surface area contributed by atoms with Gasteiger partial charge in [-0.3, -0.25) is 4.79 Å². The standard InChI is InChI=1S/C20H26O4.C18H22O3/c1-3-19-8-9-20(23-10-11-24-20)13-16(19)6-4-14-12-15(18(21)22-2)5-7-17(14)19;1-3-18-9-8-15(19)11-14(18)6-4-12-10-13(17(20)21-2)5-7-16(12)18/h5,7,12,16H,3-4,6,8-11,13H2,1-2H3;5,7,10,14H,3-4,6,8-9,11H2,1-2H3/t16-,19+;14-,18+/m00/s1. The van der Waals surface area contributed by atoms with E-state index < -0.39 is 0 Å². The second-order valence-corrected chi connectivity index (χ2v) is 13.8. The Labute approximate surface area is 267 Å². The average Bonchev–Trinajstić information content (AvgIpc) is 3.54. The molecule has 0 unspecified atom stereocenters. The van der Waals surface area contributed by atoms with E-state index in [1.54, 1.807) is 0 Å². The Morgan fingerprint density at radius 2 is 1.29 bits per heavy atom. The Morgan fingerprint density at radius 1 is 0.756 bits per heavy atom. The topological polar surface area (TPSA) is 88.1 Å². The minimum atomic E-state index is -0.327. The summed E-state index contributed by atoms with van der Waals surface area (Å²) in [5.41, 5.74) is 7.01. The first kappa shape index (κ1) is 31.9. The highest BCUT2D eigenvalue weighted by Crippen LogP contribution is 2.56. The van der Waals surface area contributed by atoms with Gasteiger partial charge in [0.15, 0.2) is 5.79 Å². The van der Waals surface area contributed by atoms with Crippen LogP contribution in [0.2, 0.25) is 0 Å². The van der Waals surface area contributed by atoms with E-state index in [1.165, 1.54) is 36.5 Å². The summed E-state index contributed by atoms with van der Waals surface area (Å²) in [6.45, 7) is 5.98. The lowest BCUT2D eigenvalue weighted by molar-refractivity contribution is -0.200. The molecule has 2 saturated carbocycles. The second-order valence-electron chi connectivity index (χ2n) is 13.8. The van der Waals surface area contributed by atoms with Crippen molar-refractivity contribution in [3.05, 3.63) is 69.8 Å². The van der Waals surface area contributed by atoms with Gasteiger partial charge in [0.1, 0.15) is 5.78 Å². The number of benzene rings is 2. The third-order valence-corrected chi connectivity index (χ3v) is 12.1. The van der Waals surface area contributed by atoms with Crippen LogP contribution < -0.4 is 0 Å². The highest BCUT2D eigenvalue weighted by atomic mass is 16.7. The molecule has 0 bridgehead atoms. The van der Waals surface area contributed by atoms with E-state index in [2.05, 4.69) is 26.0 Å². The van der Waals surface area contributed by atoms with Crippen LogP contribution in [-0.4, -0.2) is 50.9 Å². The van der Waals surface area contributed by atoms with Crippen LogP contribution in [0.1, 0.15) is 121 Å². The highest BCUT2D eigenvalue weighted by Gasteiger charge is 2.53. The Balaban J connectivity index is 0.000000160. The van der Waals surface area contributed by atoms with Crippen LogP contribution in [0.15, 0.2) is 36.4 Å². The lowest BCUT2D eigenvalue weighted by Crippen LogP contribution is -2.50. The molecule has 7 rings (SSSR count). The maximum Gasteiger partial charge on any atom is 0.337 e.